The van der Waals surface area contributed by atoms with Crippen LogP contribution in [0.4, 0.5) is 5.69 Å². The Morgan fingerprint density at radius 2 is 1.97 bits per heavy atom. The Kier molecular flexibility index (Phi) is 7.39. The van der Waals surface area contributed by atoms with E-state index in [0.29, 0.717) is 5.69 Å². The molecule has 0 bridgehead atoms. The molecule has 0 aliphatic carbocycles. The summed E-state index contributed by atoms with van der Waals surface area (Å²) in [6.07, 6.45) is 5.02. The Labute approximate surface area is 176 Å². The third-order valence-electron chi connectivity index (χ3n) is 5.14. The number of carbonyl (C=O) groups excluding carboxylic acids is 1. The van der Waals surface area contributed by atoms with Crippen molar-refractivity contribution in [1.82, 2.24) is 9.88 Å². The molecule has 29 heavy (non-hydrogen) atoms. The second kappa shape index (κ2) is 9.80. The average molecular weight is 437 g/mol. The van der Waals surface area contributed by atoms with Crippen molar-refractivity contribution < 1.29 is 13.2 Å². The van der Waals surface area contributed by atoms with Gasteiger partial charge in [0.2, 0.25) is 15.9 Å². The molecule has 0 radical (unpaired) electrons. The number of hydrogen-bond donors (Lipinski definition) is 2. The minimum atomic E-state index is -3.73. The molecule has 2 aromatic rings. The van der Waals surface area contributed by atoms with E-state index >= 15 is 0 Å². The molecule has 7 nitrogen and oxygen atoms in total. The first-order valence-corrected chi connectivity index (χ1v) is 12.4. The topological polar surface area (TPSA) is 105 Å². The van der Waals surface area contributed by atoms with Gasteiger partial charge in [0.25, 0.3) is 0 Å². The van der Waals surface area contributed by atoms with Crippen LogP contribution >= 0.6 is 11.3 Å². The van der Waals surface area contributed by atoms with Gasteiger partial charge in [-0.05, 0) is 63.0 Å². The van der Waals surface area contributed by atoms with Crippen LogP contribution in [-0.4, -0.2) is 37.3 Å². The molecule has 0 unspecified atom stereocenters. The molecule has 158 valence electrons. The summed E-state index contributed by atoms with van der Waals surface area (Å²) >= 11 is 1.74. The summed E-state index contributed by atoms with van der Waals surface area (Å²) in [6, 6.07) is 5.92. The molecule has 0 atom stereocenters. The van der Waals surface area contributed by atoms with Gasteiger partial charge in [0.05, 0.1) is 15.6 Å². The van der Waals surface area contributed by atoms with Gasteiger partial charge in [-0.1, -0.05) is 13.3 Å². The van der Waals surface area contributed by atoms with Crippen LogP contribution in [0.2, 0.25) is 0 Å². The number of sulfonamides is 1. The van der Waals surface area contributed by atoms with Crippen LogP contribution in [0.1, 0.15) is 43.3 Å². The number of nitrogens with one attached hydrogen (secondary N) is 1. The third-order valence-corrected chi connectivity index (χ3v) is 7.02. The van der Waals surface area contributed by atoms with Crippen LogP contribution in [0, 0.1) is 5.92 Å². The lowest BCUT2D eigenvalue weighted by Gasteiger charge is -2.30. The van der Waals surface area contributed by atoms with Gasteiger partial charge >= 0.3 is 0 Å². The molecule has 1 aliphatic rings. The molecule has 1 amide bonds. The highest BCUT2D eigenvalue weighted by Crippen LogP contribution is 2.22. The molecule has 0 spiro atoms. The maximum atomic E-state index is 12.5. The summed E-state index contributed by atoms with van der Waals surface area (Å²) in [5.41, 5.74) is 1.70. The van der Waals surface area contributed by atoms with Crippen molar-refractivity contribution in [1.29, 1.82) is 0 Å². The number of hydrogen-bond acceptors (Lipinski definition) is 6. The summed E-state index contributed by atoms with van der Waals surface area (Å²) in [7, 11) is -3.73. The van der Waals surface area contributed by atoms with Crippen molar-refractivity contribution in [2.45, 2.75) is 50.5 Å². The van der Waals surface area contributed by atoms with Gasteiger partial charge < -0.3 is 5.32 Å². The molecule has 1 saturated heterocycles. The molecule has 3 rings (SSSR count). The Hall–Kier alpha value is -1.81. The monoisotopic (exact) mass is 436 g/mol. The predicted octanol–water partition coefficient (Wildman–Crippen LogP) is 2.98. The predicted molar refractivity (Wildman–Crippen MR) is 115 cm³/mol. The van der Waals surface area contributed by atoms with Gasteiger partial charge in [0.15, 0.2) is 0 Å². The standard InChI is InChI=1S/C20H28N4O3S2/c1-2-3-4-19-22-17(14-28-19)13-24-11-9-15(10-12-24)20(25)23-16-5-7-18(8-6-16)29(21,26)27/h5-8,14-15H,2-4,9-13H2,1H3,(H,23,25)(H2,21,26,27). The highest BCUT2D eigenvalue weighted by atomic mass is 32.2. The van der Waals surface area contributed by atoms with Crippen molar-refractivity contribution in [3.8, 4) is 0 Å². The summed E-state index contributed by atoms with van der Waals surface area (Å²) in [5.74, 6) is -0.0665. The fourth-order valence-electron chi connectivity index (χ4n) is 3.42. The smallest absolute Gasteiger partial charge is 0.238 e. The number of thiazole rings is 1. The maximum absolute atomic E-state index is 12.5. The van der Waals surface area contributed by atoms with E-state index in [-0.39, 0.29) is 16.7 Å². The Bertz CT molecular complexity index is 917. The second-order valence-corrected chi connectivity index (χ2v) is 9.95. The molecular formula is C20H28N4O3S2. The normalized spacial score (nSPS) is 16.1. The Morgan fingerprint density at radius 1 is 1.28 bits per heavy atom. The zero-order valence-corrected chi connectivity index (χ0v) is 18.3. The third kappa shape index (κ3) is 6.33. The fraction of sp³-hybridized carbons (Fsp3) is 0.500. The number of unbranched alkanes of at least 4 members (excludes halogenated alkanes) is 1. The SMILES string of the molecule is CCCCc1nc(CN2CCC(C(=O)Nc3ccc(S(N)(=O)=O)cc3)CC2)cs1. The number of aromatic nitrogens is 1. The van der Waals surface area contributed by atoms with E-state index in [1.807, 2.05) is 0 Å². The number of aryl methyl sites for hydroxylation is 1. The first kappa shape index (κ1) is 21.9. The first-order valence-electron chi connectivity index (χ1n) is 9.94. The number of primary sulfonamides is 1. The number of benzene rings is 1. The summed E-state index contributed by atoms with van der Waals surface area (Å²) < 4.78 is 22.6. The van der Waals surface area contributed by atoms with Crippen LogP contribution in [0.3, 0.4) is 0 Å². The van der Waals surface area contributed by atoms with Gasteiger partial charge in [0.1, 0.15) is 0 Å². The average Bonchev–Trinajstić information content (AvgIpc) is 3.14. The van der Waals surface area contributed by atoms with E-state index in [1.54, 1.807) is 23.5 Å². The molecule has 1 fully saturated rings. The van der Waals surface area contributed by atoms with E-state index in [4.69, 9.17) is 10.1 Å². The molecule has 1 aromatic carbocycles. The van der Waals surface area contributed by atoms with Gasteiger partial charge in [-0.25, -0.2) is 18.5 Å². The van der Waals surface area contributed by atoms with Gasteiger partial charge in [-0.3, -0.25) is 9.69 Å². The Balaban J connectivity index is 1.46. The number of nitrogens with zero attached hydrogens (tertiary/aromatic N) is 2. The van der Waals surface area contributed by atoms with Gasteiger partial charge in [-0.15, -0.1) is 11.3 Å². The van der Waals surface area contributed by atoms with Crippen molar-refractivity contribution in [2.75, 3.05) is 18.4 Å². The lowest BCUT2D eigenvalue weighted by molar-refractivity contribution is -0.121. The first-order chi connectivity index (χ1) is 13.8. The number of amides is 1. The van der Waals surface area contributed by atoms with Crippen molar-refractivity contribution in [3.63, 3.8) is 0 Å². The van der Waals surface area contributed by atoms with Gasteiger partial charge in [0, 0.05) is 23.5 Å². The second-order valence-electron chi connectivity index (χ2n) is 7.45. The number of nitrogens with two attached hydrogens (primary N) is 1. The minimum absolute atomic E-state index is 0.0245. The van der Waals surface area contributed by atoms with E-state index in [1.165, 1.54) is 30.0 Å². The Morgan fingerprint density at radius 3 is 2.59 bits per heavy atom. The van der Waals surface area contributed by atoms with Gasteiger partial charge in [-0.2, -0.15) is 0 Å². The largest absolute Gasteiger partial charge is 0.326 e. The molecule has 2 heterocycles. The van der Waals surface area contributed by atoms with E-state index in [2.05, 4.69) is 22.5 Å². The maximum Gasteiger partial charge on any atom is 0.238 e. The van der Waals surface area contributed by atoms with E-state index in [9.17, 15) is 13.2 Å². The van der Waals surface area contributed by atoms with Crippen molar-refractivity contribution >= 4 is 33.0 Å². The van der Waals surface area contributed by atoms with Crippen LogP contribution in [0.15, 0.2) is 34.5 Å². The summed E-state index contributed by atoms with van der Waals surface area (Å²) in [5, 5.41) is 11.3. The number of piperidine rings is 1. The molecule has 3 N–H and O–H groups in total. The molecular weight excluding hydrogens is 408 g/mol. The lowest BCUT2D eigenvalue weighted by atomic mass is 9.95. The van der Waals surface area contributed by atoms with E-state index in [0.717, 1.165) is 44.6 Å². The quantitative estimate of drug-likeness (QED) is 0.662. The highest BCUT2D eigenvalue weighted by molar-refractivity contribution is 7.89. The van der Waals surface area contributed by atoms with E-state index < -0.39 is 10.0 Å². The summed E-state index contributed by atoms with van der Waals surface area (Å²) in [4.78, 5) is 19.6. The van der Waals surface area contributed by atoms with Crippen LogP contribution in [0.25, 0.3) is 0 Å². The molecule has 1 aromatic heterocycles. The molecule has 0 saturated carbocycles. The van der Waals surface area contributed by atoms with Crippen LogP contribution < -0.4 is 10.5 Å². The zero-order valence-electron chi connectivity index (χ0n) is 16.6. The summed E-state index contributed by atoms with van der Waals surface area (Å²) in [6.45, 7) is 4.76. The number of rotatable bonds is 8. The number of anilines is 1. The zero-order chi connectivity index (χ0) is 20.9. The van der Waals surface area contributed by atoms with Crippen LogP contribution in [-0.2, 0) is 27.8 Å². The molecule has 9 heteroatoms. The fourth-order valence-corrected chi connectivity index (χ4v) is 4.77. The number of carbonyl (C=O) groups is 1. The van der Waals surface area contributed by atoms with Crippen molar-refractivity contribution in [3.05, 3.63) is 40.3 Å². The number of likely N-dealkylation sites (tertiary alicyclic amines) is 1. The van der Waals surface area contributed by atoms with Crippen molar-refractivity contribution in [2.24, 2.45) is 11.1 Å². The highest BCUT2D eigenvalue weighted by Gasteiger charge is 2.25. The van der Waals surface area contributed by atoms with Crippen LogP contribution in [0.5, 0.6) is 0 Å². The molecule has 1 aliphatic heterocycles. The minimum Gasteiger partial charge on any atom is -0.326 e. The lowest BCUT2D eigenvalue weighted by Crippen LogP contribution is -2.37.